The van der Waals surface area contributed by atoms with Crippen LogP contribution in [0.15, 0.2) is 54.7 Å². The van der Waals surface area contributed by atoms with Gasteiger partial charge in [0.1, 0.15) is 12.4 Å². The van der Waals surface area contributed by atoms with Gasteiger partial charge in [-0.25, -0.2) is 0 Å². The predicted molar refractivity (Wildman–Crippen MR) is 154 cm³/mol. The molecule has 9 heteroatoms. The quantitative estimate of drug-likeness (QED) is 0.515. The number of nitrogens with zero attached hydrogens (tertiary/aromatic N) is 3. The van der Waals surface area contributed by atoms with E-state index in [9.17, 15) is 9.59 Å². The summed E-state index contributed by atoms with van der Waals surface area (Å²) in [4.78, 5) is 34.5. The van der Waals surface area contributed by atoms with Gasteiger partial charge in [-0.1, -0.05) is 18.2 Å². The summed E-state index contributed by atoms with van der Waals surface area (Å²) in [6.07, 6.45) is 9.40. The number of hydrogen-bond acceptors (Lipinski definition) is 7. The number of aromatic nitrogens is 1. The minimum atomic E-state index is 0.0140. The molecular weight excluding hydrogens is 506 g/mol. The first kappa shape index (κ1) is 28.1. The second kappa shape index (κ2) is 13.8. The maximum absolute atomic E-state index is 13.1. The number of pyridine rings is 1. The van der Waals surface area contributed by atoms with E-state index in [1.165, 1.54) is 5.69 Å². The Bertz CT molecular complexity index is 1170. The summed E-state index contributed by atoms with van der Waals surface area (Å²) < 4.78 is 11.7. The Morgan fingerprint density at radius 3 is 2.98 bits per heavy atom. The zero-order chi connectivity index (χ0) is 27.7. The monoisotopic (exact) mass is 547 g/mol. The molecule has 0 unspecified atom stereocenters. The molecule has 0 saturated carbocycles. The van der Waals surface area contributed by atoms with E-state index in [0.29, 0.717) is 45.2 Å². The molecule has 2 bridgehead atoms. The number of methoxy groups -OCH3 is 1. The summed E-state index contributed by atoms with van der Waals surface area (Å²) in [6.45, 7) is 4.69. The van der Waals surface area contributed by atoms with Crippen LogP contribution < -0.4 is 20.3 Å². The van der Waals surface area contributed by atoms with Crippen molar-refractivity contribution in [3.8, 4) is 5.75 Å². The number of anilines is 1. The maximum atomic E-state index is 13.1. The Morgan fingerprint density at radius 2 is 2.12 bits per heavy atom. The van der Waals surface area contributed by atoms with Gasteiger partial charge >= 0.3 is 0 Å². The van der Waals surface area contributed by atoms with Crippen LogP contribution in [-0.4, -0.2) is 74.2 Å². The molecule has 0 radical (unpaired) electrons. The molecule has 4 heterocycles. The summed E-state index contributed by atoms with van der Waals surface area (Å²) in [5.74, 6) is 1.19. The van der Waals surface area contributed by atoms with Gasteiger partial charge < -0.3 is 29.9 Å². The van der Waals surface area contributed by atoms with Crippen LogP contribution in [0.2, 0.25) is 0 Å². The van der Waals surface area contributed by atoms with Gasteiger partial charge in [0.15, 0.2) is 0 Å². The van der Waals surface area contributed by atoms with E-state index < -0.39 is 0 Å². The number of piperidine rings is 1. The third kappa shape index (κ3) is 7.20. The number of rotatable bonds is 7. The van der Waals surface area contributed by atoms with Crippen molar-refractivity contribution < 1.29 is 19.1 Å². The van der Waals surface area contributed by atoms with E-state index in [1.54, 1.807) is 13.3 Å². The lowest BCUT2D eigenvalue weighted by atomic mass is 9.82. The van der Waals surface area contributed by atoms with Crippen LogP contribution in [0.4, 0.5) is 5.69 Å². The Balaban J connectivity index is 1.25. The van der Waals surface area contributed by atoms with E-state index >= 15 is 0 Å². The van der Waals surface area contributed by atoms with Gasteiger partial charge in [0.05, 0.1) is 31.4 Å². The highest BCUT2D eigenvalue weighted by atomic mass is 16.5. The summed E-state index contributed by atoms with van der Waals surface area (Å²) in [5.41, 5.74) is 3.05. The number of benzene rings is 1. The highest BCUT2D eigenvalue weighted by molar-refractivity contribution is 5.79. The van der Waals surface area contributed by atoms with Crippen molar-refractivity contribution in [1.82, 2.24) is 20.5 Å². The smallest absolute Gasteiger partial charge is 0.236 e. The van der Waals surface area contributed by atoms with Crippen LogP contribution in [0.3, 0.4) is 0 Å². The minimum Gasteiger partial charge on any atom is -0.489 e. The third-order valence-corrected chi connectivity index (χ3v) is 8.22. The molecule has 40 heavy (non-hydrogen) atoms. The van der Waals surface area contributed by atoms with Crippen LogP contribution in [0.1, 0.15) is 36.9 Å². The summed E-state index contributed by atoms with van der Waals surface area (Å²) >= 11 is 0. The van der Waals surface area contributed by atoms with Crippen molar-refractivity contribution >= 4 is 17.5 Å². The molecule has 3 atom stereocenters. The number of amides is 2. The maximum Gasteiger partial charge on any atom is 0.236 e. The summed E-state index contributed by atoms with van der Waals surface area (Å²) in [7, 11) is 1.76. The van der Waals surface area contributed by atoms with Gasteiger partial charge in [0.2, 0.25) is 11.8 Å². The van der Waals surface area contributed by atoms with Gasteiger partial charge in [-0.3, -0.25) is 14.6 Å². The van der Waals surface area contributed by atoms with Crippen molar-refractivity contribution in [1.29, 1.82) is 0 Å². The van der Waals surface area contributed by atoms with Crippen LogP contribution in [0, 0.1) is 11.8 Å². The summed E-state index contributed by atoms with van der Waals surface area (Å²) in [5, 5.41) is 6.36. The van der Waals surface area contributed by atoms with E-state index in [-0.39, 0.29) is 30.2 Å². The van der Waals surface area contributed by atoms with Gasteiger partial charge in [-0.05, 0) is 61.4 Å². The number of carbonyl (C=O) groups excluding carboxylic acids is 2. The third-order valence-electron chi connectivity index (χ3n) is 8.22. The molecule has 9 nitrogen and oxygen atoms in total. The molecular formula is C31H41N5O4. The van der Waals surface area contributed by atoms with Gasteiger partial charge in [-0.2, -0.15) is 0 Å². The fourth-order valence-electron chi connectivity index (χ4n) is 6.08. The zero-order valence-corrected chi connectivity index (χ0v) is 23.4. The average Bonchev–Trinajstić information content (AvgIpc) is 3.44. The number of carbonyl (C=O) groups is 2. The number of hydrogen-bond donors (Lipinski definition) is 2. The van der Waals surface area contributed by atoms with Crippen molar-refractivity contribution in [2.75, 3.05) is 51.4 Å². The predicted octanol–water partition coefficient (Wildman–Crippen LogP) is 2.91. The lowest BCUT2D eigenvalue weighted by Crippen LogP contribution is -2.47. The first-order chi connectivity index (χ1) is 19.6. The molecule has 3 aliphatic heterocycles. The highest BCUT2D eigenvalue weighted by Crippen LogP contribution is 2.31. The van der Waals surface area contributed by atoms with E-state index in [1.807, 2.05) is 35.2 Å². The molecule has 5 rings (SSSR count). The van der Waals surface area contributed by atoms with E-state index in [0.717, 1.165) is 49.4 Å². The molecule has 2 amide bonds. The minimum absolute atomic E-state index is 0.0140. The fraction of sp³-hybridized carbons (Fsp3) is 0.516. The van der Waals surface area contributed by atoms with Crippen LogP contribution >= 0.6 is 0 Å². The fourth-order valence-corrected chi connectivity index (χ4v) is 6.08. The number of fused-ring (bicyclic) bond motifs is 3. The van der Waals surface area contributed by atoms with E-state index in [4.69, 9.17) is 9.47 Å². The molecule has 0 spiro atoms. The SMILES string of the molecule is COC[C@@H]1CCCN1c1ccc2c(c1)CNCC(=O)N1CC[C@@H](CC(=O)NCc3ccccn3)[C@@H](/C=C/CO2)C1. The Labute approximate surface area is 236 Å². The van der Waals surface area contributed by atoms with Gasteiger partial charge in [0.25, 0.3) is 0 Å². The topological polar surface area (TPSA) is 96.0 Å². The molecule has 214 valence electrons. The summed E-state index contributed by atoms with van der Waals surface area (Å²) in [6, 6.07) is 12.4. The van der Waals surface area contributed by atoms with Crippen molar-refractivity contribution in [3.63, 3.8) is 0 Å². The number of ether oxygens (including phenoxy) is 2. The molecule has 2 fully saturated rings. The Kier molecular flexibility index (Phi) is 9.67. The lowest BCUT2D eigenvalue weighted by molar-refractivity contribution is -0.132. The first-order valence-electron chi connectivity index (χ1n) is 14.4. The molecule has 1 aromatic heterocycles. The van der Waals surface area contributed by atoms with Crippen LogP contribution in [0.5, 0.6) is 5.75 Å². The normalized spacial score (nSPS) is 24.2. The van der Waals surface area contributed by atoms with Crippen LogP contribution in [0.25, 0.3) is 0 Å². The van der Waals surface area contributed by atoms with Crippen molar-refractivity contribution in [2.45, 2.75) is 44.8 Å². The van der Waals surface area contributed by atoms with Crippen molar-refractivity contribution in [3.05, 3.63) is 66.0 Å². The first-order valence-corrected chi connectivity index (χ1v) is 14.4. The molecule has 2 N–H and O–H groups in total. The Hall–Kier alpha value is -3.43. The van der Waals surface area contributed by atoms with Crippen molar-refractivity contribution in [2.24, 2.45) is 11.8 Å². The Morgan fingerprint density at radius 1 is 1.20 bits per heavy atom. The highest BCUT2D eigenvalue weighted by Gasteiger charge is 2.31. The molecule has 1 aromatic carbocycles. The lowest BCUT2D eigenvalue weighted by Gasteiger charge is -2.37. The van der Waals surface area contributed by atoms with E-state index in [2.05, 4.69) is 38.7 Å². The molecule has 2 saturated heterocycles. The molecule has 0 aliphatic carbocycles. The second-order valence-electron chi connectivity index (χ2n) is 10.9. The largest absolute Gasteiger partial charge is 0.489 e. The number of nitrogens with one attached hydrogen (secondary N) is 2. The zero-order valence-electron chi connectivity index (χ0n) is 23.4. The molecule has 2 aromatic rings. The average molecular weight is 548 g/mol. The second-order valence-corrected chi connectivity index (χ2v) is 10.9. The van der Waals surface area contributed by atoms with Crippen LogP contribution in [-0.2, 0) is 27.4 Å². The molecule has 3 aliphatic rings. The van der Waals surface area contributed by atoms with Gasteiger partial charge in [-0.15, -0.1) is 0 Å². The van der Waals surface area contributed by atoms with Gasteiger partial charge in [0, 0.05) is 57.2 Å². The standard InChI is InChI=1S/C31H41N5O4/c1-39-22-28-8-4-13-36(28)27-9-10-29-25(16-27)18-32-20-31(38)35-14-11-23(24(21-35)6-5-15-40-29)17-30(37)34-19-26-7-2-3-12-33-26/h2-3,5-7,9-10,12,16,23-24,28,32H,4,8,11,13-15,17-22H2,1H3,(H,34,37)/b6-5+/t23-,24-,28-/m0/s1.